The van der Waals surface area contributed by atoms with E-state index >= 15 is 0 Å². The van der Waals surface area contributed by atoms with Crippen molar-refractivity contribution in [2.75, 3.05) is 31.1 Å². The highest BCUT2D eigenvalue weighted by molar-refractivity contribution is 7.89. The molecule has 2 heterocycles. The van der Waals surface area contributed by atoms with Gasteiger partial charge in [-0.3, -0.25) is 0 Å². The summed E-state index contributed by atoms with van der Waals surface area (Å²) in [6, 6.07) is 11.7. The van der Waals surface area contributed by atoms with Gasteiger partial charge in [0.25, 0.3) is 0 Å². The Kier molecular flexibility index (Phi) is 5.66. The highest BCUT2D eigenvalue weighted by Gasteiger charge is 2.30. The Bertz CT molecular complexity index is 1220. The number of nitrogens with zero attached hydrogens (tertiary/aromatic N) is 3. The van der Waals surface area contributed by atoms with E-state index in [-0.39, 0.29) is 0 Å². The number of hydrogen-bond acceptors (Lipinski definition) is 5. The van der Waals surface area contributed by atoms with Gasteiger partial charge >= 0.3 is 0 Å². The van der Waals surface area contributed by atoms with Crippen LogP contribution in [0.5, 0.6) is 0 Å². The first-order chi connectivity index (χ1) is 14.7. The Morgan fingerprint density at radius 2 is 1.58 bits per heavy atom. The maximum Gasteiger partial charge on any atom is 0.243 e. The second-order valence-electron chi connectivity index (χ2n) is 8.31. The SMILES string of the molecule is Cc1ccc(-c2onc(C)c2C)cc1S(=O)(=O)N1CCN(c2cccc(C)c2C)CC1. The van der Waals surface area contributed by atoms with Crippen LogP contribution in [0.1, 0.15) is 27.9 Å². The second kappa shape index (κ2) is 8.13. The van der Waals surface area contributed by atoms with Gasteiger partial charge in [-0.1, -0.05) is 29.4 Å². The van der Waals surface area contributed by atoms with Gasteiger partial charge in [-0.2, -0.15) is 4.31 Å². The van der Waals surface area contributed by atoms with Gasteiger partial charge in [0.2, 0.25) is 10.0 Å². The van der Waals surface area contributed by atoms with Crippen LogP contribution in [0.15, 0.2) is 45.8 Å². The van der Waals surface area contributed by atoms with Crippen LogP contribution >= 0.6 is 0 Å². The van der Waals surface area contributed by atoms with Crippen LogP contribution in [0.3, 0.4) is 0 Å². The van der Waals surface area contributed by atoms with E-state index in [2.05, 4.69) is 42.1 Å². The van der Waals surface area contributed by atoms with E-state index in [0.717, 1.165) is 22.4 Å². The summed E-state index contributed by atoms with van der Waals surface area (Å²) < 4.78 is 34.1. The lowest BCUT2D eigenvalue weighted by molar-refractivity contribution is 0.384. The Morgan fingerprint density at radius 1 is 0.871 bits per heavy atom. The summed E-state index contributed by atoms with van der Waals surface area (Å²) in [5.74, 6) is 0.619. The molecule has 0 N–H and O–H groups in total. The number of piperazine rings is 1. The Labute approximate surface area is 184 Å². The van der Waals surface area contributed by atoms with Gasteiger partial charge in [0, 0.05) is 43.0 Å². The molecule has 7 heteroatoms. The van der Waals surface area contributed by atoms with Gasteiger partial charge in [-0.25, -0.2) is 8.42 Å². The maximum absolute atomic E-state index is 13.5. The maximum atomic E-state index is 13.5. The summed E-state index contributed by atoms with van der Waals surface area (Å²) in [5.41, 5.74) is 6.88. The first-order valence-corrected chi connectivity index (χ1v) is 12.0. The topological polar surface area (TPSA) is 66.7 Å². The largest absolute Gasteiger partial charge is 0.369 e. The third-order valence-corrected chi connectivity index (χ3v) is 8.42. The fourth-order valence-electron chi connectivity index (χ4n) is 4.09. The molecule has 3 aromatic rings. The molecule has 0 unspecified atom stereocenters. The van der Waals surface area contributed by atoms with Gasteiger partial charge < -0.3 is 9.42 Å². The average molecular weight is 440 g/mol. The number of anilines is 1. The molecule has 4 rings (SSSR count). The lowest BCUT2D eigenvalue weighted by Gasteiger charge is -2.36. The number of aromatic nitrogens is 1. The molecule has 1 aromatic heterocycles. The molecule has 1 saturated heterocycles. The van der Waals surface area contributed by atoms with Crippen molar-refractivity contribution in [3.8, 4) is 11.3 Å². The van der Waals surface area contributed by atoms with Crippen molar-refractivity contribution in [2.24, 2.45) is 0 Å². The molecule has 0 aliphatic carbocycles. The van der Waals surface area contributed by atoms with Crippen molar-refractivity contribution in [2.45, 2.75) is 39.5 Å². The lowest BCUT2D eigenvalue weighted by Crippen LogP contribution is -2.49. The van der Waals surface area contributed by atoms with Crippen LogP contribution in [-0.4, -0.2) is 44.1 Å². The lowest BCUT2D eigenvalue weighted by atomic mass is 10.1. The first kappa shape index (κ1) is 21.6. The minimum atomic E-state index is -3.61. The van der Waals surface area contributed by atoms with Gasteiger partial charge in [0.1, 0.15) is 0 Å². The molecular formula is C24H29N3O3S. The van der Waals surface area contributed by atoms with Crippen LogP contribution in [0.4, 0.5) is 5.69 Å². The van der Waals surface area contributed by atoms with Crippen molar-refractivity contribution in [1.29, 1.82) is 0 Å². The molecule has 1 fully saturated rings. The minimum Gasteiger partial charge on any atom is -0.369 e. The summed E-state index contributed by atoms with van der Waals surface area (Å²) in [7, 11) is -3.61. The zero-order valence-electron chi connectivity index (χ0n) is 18.8. The second-order valence-corrected chi connectivity index (χ2v) is 10.2. The average Bonchev–Trinajstić information content (AvgIpc) is 3.09. The molecule has 1 aliphatic heterocycles. The standard InChI is InChI=1S/C24H29N3O3S/c1-16-7-6-8-22(18(16)3)26-11-13-27(14-12-26)31(28,29)23-15-21(10-9-17(23)2)24-19(4)20(5)25-30-24/h6-10,15H,11-14H2,1-5H3. The number of benzene rings is 2. The van der Waals surface area contributed by atoms with E-state index < -0.39 is 10.0 Å². The fourth-order valence-corrected chi connectivity index (χ4v) is 5.76. The molecule has 164 valence electrons. The molecule has 0 amide bonds. The van der Waals surface area contributed by atoms with E-state index in [9.17, 15) is 8.42 Å². The number of aryl methyl sites for hydroxylation is 3. The van der Waals surface area contributed by atoms with E-state index in [1.807, 2.05) is 32.9 Å². The summed E-state index contributed by atoms with van der Waals surface area (Å²) in [6.07, 6.45) is 0. The van der Waals surface area contributed by atoms with E-state index in [1.165, 1.54) is 16.8 Å². The zero-order chi connectivity index (χ0) is 22.3. The van der Waals surface area contributed by atoms with E-state index in [1.54, 1.807) is 10.4 Å². The van der Waals surface area contributed by atoms with Crippen LogP contribution in [0.25, 0.3) is 11.3 Å². The number of hydrogen-bond donors (Lipinski definition) is 0. The molecule has 0 bridgehead atoms. The minimum absolute atomic E-state index is 0.332. The van der Waals surface area contributed by atoms with Gasteiger partial charge in [0.05, 0.1) is 10.6 Å². The van der Waals surface area contributed by atoms with Crippen LogP contribution in [0.2, 0.25) is 0 Å². The number of rotatable bonds is 4. The molecule has 1 aliphatic rings. The summed E-state index contributed by atoms with van der Waals surface area (Å²) >= 11 is 0. The molecule has 0 spiro atoms. The number of sulfonamides is 1. The van der Waals surface area contributed by atoms with E-state index in [0.29, 0.717) is 36.8 Å². The Morgan fingerprint density at radius 3 is 2.23 bits per heavy atom. The van der Waals surface area contributed by atoms with E-state index in [4.69, 9.17) is 4.52 Å². The van der Waals surface area contributed by atoms with Crippen molar-refractivity contribution in [3.05, 3.63) is 64.3 Å². The highest BCUT2D eigenvalue weighted by Crippen LogP contribution is 2.31. The summed E-state index contributed by atoms with van der Waals surface area (Å²) in [5, 5.41) is 4.01. The normalized spacial score (nSPS) is 15.5. The predicted molar refractivity (Wildman–Crippen MR) is 123 cm³/mol. The monoisotopic (exact) mass is 439 g/mol. The van der Waals surface area contributed by atoms with Crippen LogP contribution < -0.4 is 4.90 Å². The quantitative estimate of drug-likeness (QED) is 0.603. The Hall–Kier alpha value is -2.64. The molecule has 0 radical (unpaired) electrons. The zero-order valence-corrected chi connectivity index (χ0v) is 19.6. The third kappa shape index (κ3) is 3.88. The molecule has 2 aromatic carbocycles. The van der Waals surface area contributed by atoms with Crippen molar-refractivity contribution in [1.82, 2.24) is 9.46 Å². The van der Waals surface area contributed by atoms with Gasteiger partial charge in [-0.05, 0) is 63.4 Å². The predicted octanol–water partition coefficient (Wildman–Crippen LogP) is 4.39. The fraction of sp³-hybridized carbons (Fsp3) is 0.375. The van der Waals surface area contributed by atoms with Crippen molar-refractivity contribution >= 4 is 15.7 Å². The first-order valence-electron chi connectivity index (χ1n) is 10.6. The van der Waals surface area contributed by atoms with Crippen molar-refractivity contribution < 1.29 is 12.9 Å². The molecule has 0 atom stereocenters. The van der Waals surface area contributed by atoms with Gasteiger partial charge in [0.15, 0.2) is 5.76 Å². The molecule has 6 nitrogen and oxygen atoms in total. The van der Waals surface area contributed by atoms with Crippen LogP contribution in [-0.2, 0) is 10.0 Å². The molecule has 31 heavy (non-hydrogen) atoms. The Balaban J connectivity index is 1.59. The molecular weight excluding hydrogens is 410 g/mol. The summed E-state index contributed by atoms with van der Waals surface area (Å²) in [4.78, 5) is 2.61. The molecule has 0 saturated carbocycles. The third-order valence-electron chi connectivity index (χ3n) is 6.38. The summed E-state index contributed by atoms with van der Waals surface area (Å²) in [6.45, 7) is 12.1. The smallest absolute Gasteiger partial charge is 0.243 e. The highest BCUT2D eigenvalue weighted by atomic mass is 32.2. The van der Waals surface area contributed by atoms with Crippen molar-refractivity contribution in [3.63, 3.8) is 0 Å². The van der Waals surface area contributed by atoms with Gasteiger partial charge in [-0.15, -0.1) is 0 Å². The van der Waals surface area contributed by atoms with Crippen LogP contribution in [0, 0.1) is 34.6 Å².